The zero-order chi connectivity index (χ0) is 24.5. The zero-order valence-electron chi connectivity index (χ0n) is 18.2. The van der Waals surface area contributed by atoms with Gasteiger partial charge in [-0.3, -0.25) is 14.1 Å². The molecule has 0 aromatic heterocycles. The molecule has 4 aromatic carbocycles. The highest BCUT2D eigenvalue weighted by Crippen LogP contribution is 2.42. The third-order valence-corrected chi connectivity index (χ3v) is 7.44. The van der Waals surface area contributed by atoms with E-state index in [4.69, 9.17) is 5.73 Å². The van der Waals surface area contributed by atoms with E-state index in [1.807, 2.05) is 30.3 Å². The summed E-state index contributed by atoms with van der Waals surface area (Å²) in [5.41, 5.74) is 10.9. The summed E-state index contributed by atoms with van der Waals surface area (Å²) >= 11 is 0. The van der Waals surface area contributed by atoms with Crippen LogP contribution in [0.5, 0.6) is 0 Å². The topological polar surface area (TPSA) is 127 Å². The number of hydrogen-bond donors (Lipinski definition) is 3. The van der Waals surface area contributed by atoms with Crippen LogP contribution in [0.3, 0.4) is 0 Å². The molecule has 0 saturated carbocycles. The minimum absolute atomic E-state index is 0.0256. The molecule has 0 radical (unpaired) electrons. The highest BCUT2D eigenvalue weighted by molar-refractivity contribution is 7.86. The number of ketones is 2. The molecular formula is C27H18N2O5S. The first-order valence-corrected chi connectivity index (χ1v) is 12.3. The number of nitrogens with two attached hydrogens (primary N) is 1. The largest absolute Gasteiger partial charge is 0.397 e. The summed E-state index contributed by atoms with van der Waals surface area (Å²) in [4.78, 5) is 26.1. The van der Waals surface area contributed by atoms with E-state index in [2.05, 4.69) is 17.4 Å². The number of carbonyl (C=O) groups excluding carboxylic acids is 2. The van der Waals surface area contributed by atoms with Crippen LogP contribution in [0, 0.1) is 0 Å². The van der Waals surface area contributed by atoms with Crippen molar-refractivity contribution in [1.82, 2.24) is 0 Å². The first-order chi connectivity index (χ1) is 16.7. The average molecular weight is 483 g/mol. The Labute approximate surface area is 201 Å². The molecule has 0 aliphatic heterocycles. The predicted octanol–water partition coefficient (Wildman–Crippen LogP) is 4.61. The van der Waals surface area contributed by atoms with E-state index in [0.29, 0.717) is 5.69 Å². The lowest BCUT2D eigenvalue weighted by Gasteiger charge is -2.23. The van der Waals surface area contributed by atoms with E-state index < -0.39 is 32.3 Å². The zero-order valence-corrected chi connectivity index (χ0v) is 19.0. The maximum absolute atomic E-state index is 13.5. The van der Waals surface area contributed by atoms with Crippen LogP contribution in [-0.2, 0) is 16.5 Å². The fraction of sp³-hybridized carbons (Fsp3) is 0.0370. The number of fused-ring (bicyclic) bond motifs is 5. The normalized spacial score (nSPS) is 13.6. The monoisotopic (exact) mass is 482 g/mol. The van der Waals surface area contributed by atoms with Gasteiger partial charge in [-0.25, -0.2) is 0 Å². The maximum atomic E-state index is 13.5. The van der Waals surface area contributed by atoms with E-state index >= 15 is 0 Å². The van der Waals surface area contributed by atoms with Gasteiger partial charge in [0.05, 0.1) is 22.5 Å². The summed E-state index contributed by atoms with van der Waals surface area (Å²) in [6, 6.07) is 21.2. The molecule has 0 atom stereocenters. The van der Waals surface area contributed by atoms with E-state index in [-0.39, 0.29) is 27.9 Å². The standard InChI is InChI=1S/C27H18N2O5S/c28-25-22(35(32,33)34)13-21(23-24(25)27(31)20-8-4-3-7-19(20)26(23)30)29-16-9-10-18-15(12-16)11-14-5-1-2-6-17(14)18/h1-10,12-13,29H,11,28H2,(H,32,33,34). The van der Waals surface area contributed by atoms with Gasteiger partial charge in [0.2, 0.25) is 0 Å². The Balaban J connectivity index is 1.52. The van der Waals surface area contributed by atoms with Crippen LogP contribution in [0.15, 0.2) is 77.7 Å². The Morgan fingerprint density at radius 1 is 0.743 bits per heavy atom. The predicted molar refractivity (Wildman–Crippen MR) is 132 cm³/mol. The molecule has 4 N–H and O–H groups in total. The minimum atomic E-state index is -4.77. The Hall–Kier alpha value is -4.27. The fourth-order valence-electron chi connectivity index (χ4n) is 4.98. The lowest BCUT2D eigenvalue weighted by Crippen LogP contribution is -2.25. The van der Waals surface area contributed by atoms with Crippen molar-refractivity contribution in [1.29, 1.82) is 0 Å². The van der Waals surface area contributed by atoms with E-state index in [9.17, 15) is 22.6 Å². The molecule has 6 rings (SSSR count). The number of nitrogen functional groups attached to an aromatic ring is 1. The van der Waals surface area contributed by atoms with Crippen LogP contribution in [0.25, 0.3) is 11.1 Å². The summed E-state index contributed by atoms with van der Waals surface area (Å²) in [5, 5.41) is 3.11. The summed E-state index contributed by atoms with van der Waals surface area (Å²) in [7, 11) is -4.77. The molecule has 4 aromatic rings. The highest BCUT2D eigenvalue weighted by atomic mass is 32.2. The maximum Gasteiger partial charge on any atom is 0.296 e. The Bertz CT molecular complexity index is 1720. The van der Waals surface area contributed by atoms with Gasteiger partial charge < -0.3 is 11.1 Å². The Morgan fingerprint density at radius 3 is 2.03 bits per heavy atom. The van der Waals surface area contributed by atoms with Gasteiger partial charge in [-0.2, -0.15) is 8.42 Å². The lowest BCUT2D eigenvalue weighted by atomic mass is 9.82. The first kappa shape index (κ1) is 21.3. The fourth-order valence-corrected chi connectivity index (χ4v) is 5.63. The number of anilines is 3. The van der Waals surface area contributed by atoms with Crippen LogP contribution < -0.4 is 11.1 Å². The van der Waals surface area contributed by atoms with E-state index in [1.54, 1.807) is 18.2 Å². The summed E-state index contributed by atoms with van der Waals surface area (Å²) in [6.07, 6.45) is 0.738. The lowest BCUT2D eigenvalue weighted by molar-refractivity contribution is 0.0980. The molecule has 0 spiro atoms. The van der Waals surface area contributed by atoms with Crippen molar-refractivity contribution >= 4 is 38.7 Å². The molecule has 0 fully saturated rings. The van der Waals surface area contributed by atoms with Gasteiger partial charge in [0, 0.05) is 16.8 Å². The molecular weight excluding hydrogens is 464 g/mol. The van der Waals surface area contributed by atoms with Crippen LogP contribution in [0.1, 0.15) is 43.0 Å². The molecule has 35 heavy (non-hydrogen) atoms. The van der Waals surface area contributed by atoms with Gasteiger partial charge in [-0.15, -0.1) is 0 Å². The molecule has 0 amide bonds. The Morgan fingerprint density at radius 2 is 1.34 bits per heavy atom. The molecule has 2 aliphatic carbocycles. The van der Waals surface area contributed by atoms with Crippen LogP contribution in [0.4, 0.5) is 17.1 Å². The van der Waals surface area contributed by atoms with Crippen LogP contribution in [0.2, 0.25) is 0 Å². The number of rotatable bonds is 3. The second-order valence-electron chi connectivity index (χ2n) is 8.60. The molecule has 0 saturated heterocycles. The van der Waals surface area contributed by atoms with Crippen molar-refractivity contribution in [3.8, 4) is 11.1 Å². The second kappa shape index (κ2) is 7.36. The van der Waals surface area contributed by atoms with Crippen LogP contribution >= 0.6 is 0 Å². The summed E-state index contributed by atoms with van der Waals surface area (Å²) in [5.74, 6) is -1.04. The smallest absolute Gasteiger partial charge is 0.296 e. The van der Waals surface area contributed by atoms with E-state index in [0.717, 1.165) is 29.2 Å². The summed E-state index contributed by atoms with van der Waals surface area (Å²) in [6.45, 7) is 0. The SMILES string of the molecule is Nc1c(S(=O)(=O)O)cc(Nc2ccc3c(c2)Cc2ccccc2-3)c2c1C(=O)c1ccccc1C2=O. The molecule has 0 heterocycles. The molecule has 172 valence electrons. The molecule has 0 unspecified atom stereocenters. The van der Waals surface area contributed by atoms with Gasteiger partial charge in [-0.05, 0) is 46.9 Å². The van der Waals surface area contributed by atoms with Crippen molar-refractivity contribution in [2.45, 2.75) is 11.3 Å². The Kier molecular flexibility index (Phi) is 4.48. The highest BCUT2D eigenvalue weighted by Gasteiger charge is 2.36. The minimum Gasteiger partial charge on any atom is -0.397 e. The van der Waals surface area contributed by atoms with Gasteiger partial charge in [-0.1, -0.05) is 54.6 Å². The van der Waals surface area contributed by atoms with E-state index in [1.165, 1.54) is 11.6 Å². The van der Waals surface area contributed by atoms with Crippen molar-refractivity contribution in [3.05, 3.63) is 106 Å². The molecule has 7 nitrogen and oxygen atoms in total. The number of hydrogen-bond acceptors (Lipinski definition) is 6. The van der Waals surface area contributed by atoms with Gasteiger partial charge in [0.15, 0.2) is 11.6 Å². The van der Waals surface area contributed by atoms with Gasteiger partial charge in [0.1, 0.15) is 4.90 Å². The molecule has 8 heteroatoms. The molecule has 0 bridgehead atoms. The van der Waals surface area contributed by atoms with Crippen molar-refractivity contribution in [2.24, 2.45) is 0 Å². The number of carbonyl (C=O) groups is 2. The number of benzene rings is 4. The van der Waals surface area contributed by atoms with Crippen molar-refractivity contribution < 1.29 is 22.6 Å². The third-order valence-electron chi connectivity index (χ3n) is 6.55. The van der Waals surface area contributed by atoms with Gasteiger partial charge in [0.25, 0.3) is 10.1 Å². The first-order valence-electron chi connectivity index (χ1n) is 10.8. The van der Waals surface area contributed by atoms with Crippen molar-refractivity contribution in [3.63, 3.8) is 0 Å². The third kappa shape index (κ3) is 3.18. The average Bonchev–Trinajstić information content (AvgIpc) is 3.20. The van der Waals surface area contributed by atoms with Crippen molar-refractivity contribution in [2.75, 3.05) is 11.1 Å². The van der Waals surface area contributed by atoms with Gasteiger partial charge >= 0.3 is 0 Å². The second-order valence-corrected chi connectivity index (χ2v) is 9.99. The number of nitrogens with one attached hydrogen (secondary N) is 1. The van der Waals surface area contributed by atoms with Crippen LogP contribution in [-0.4, -0.2) is 24.5 Å². The summed E-state index contributed by atoms with van der Waals surface area (Å²) < 4.78 is 34.0. The quantitative estimate of drug-likeness (QED) is 0.248. The molecule has 2 aliphatic rings.